The summed E-state index contributed by atoms with van der Waals surface area (Å²) in [5, 5.41) is 5.22. The molecule has 1 aromatic carbocycles. The minimum Gasteiger partial charge on any atom is -0.493 e. The van der Waals surface area contributed by atoms with Crippen molar-refractivity contribution in [2.24, 2.45) is 0 Å². The van der Waals surface area contributed by atoms with Crippen LogP contribution in [0.15, 0.2) is 18.2 Å². The van der Waals surface area contributed by atoms with E-state index in [0.29, 0.717) is 17.3 Å². The van der Waals surface area contributed by atoms with Crippen LogP contribution >= 0.6 is 12.4 Å². The van der Waals surface area contributed by atoms with Gasteiger partial charge in [-0.3, -0.25) is 0 Å². The number of nitrogens with two attached hydrogens (primary N) is 1. The van der Waals surface area contributed by atoms with Crippen molar-refractivity contribution in [3.8, 4) is 11.5 Å². The average molecular weight is 325 g/mol. The fraction of sp³-hybridized carbons (Fsp3) is 0.400. The number of benzene rings is 1. The van der Waals surface area contributed by atoms with Gasteiger partial charge in [0.2, 0.25) is 0 Å². The third-order valence-corrected chi connectivity index (χ3v) is 3.79. The van der Waals surface area contributed by atoms with Crippen molar-refractivity contribution in [1.29, 1.82) is 0 Å². The van der Waals surface area contributed by atoms with Gasteiger partial charge in [-0.05, 0) is 23.6 Å². The van der Waals surface area contributed by atoms with E-state index in [1.807, 2.05) is 12.1 Å². The maximum atomic E-state index is 6.13. The quantitative estimate of drug-likeness (QED) is 0.894. The van der Waals surface area contributed by atoms with Crippen LogP contribution in [0.4, 0.5) is 11.6 Å². The highest BCUT2D eigenvalue weighted by Crippen LogP contribution is 2.35. The molecule has 6 nitrogen and oxygen atoms in total. The molecular formula is C15H21ClN4O2. The highest BCUT2D eigenvalue weighted by Gasteiger charge is 2.15. The molecule has 1 aromatic heterocycles. The first-order valence-electron chi connectivity index (χ1n) is 7.01. The van der Waals surface area contributed by atoms with Gasteiger partial charge in [-0.25, -0.2) is 4.98 Å². The largest absolute Gasteiger partial charge is 0.493 e. The van der Waals surface area contributed by atoms with Crippen molar-refractivity contribution in [2.75, 3.05) is 51.0 Å². The van der Waals surface area contributed by atoms with E-state index in [-0.39, 0.29) is 12.4 Å². The number of ether oxygens (including phenoxy) is 2. The second-order valence-electron chi connectivity index (χ2n) is 5.03. The summed E-state index contributed by atoms with van der Waals surface area (Å²) in [6.45, 7) is 3.80. The Morgan fingerprint density at radius 3 is 2.36 bits per heavy atom. The number of pyridine rings is 1. The molecule has 0 aliphatic carbocycles. The Morgan fingerprint density at radius 2 is 1.73 bits per heavy atom. The van der Waals surface area contributed by atoms with E-state index in [9.17, 15) is 0 Å². The molecule has 1 aliphatic rings. The third-order valence-electron chi connectivity index (χ3n) is 3.79. The SMILES string of the molecule is COc1cc2cc(N3CCNCC3)nc(N)c2cc1OC.Cl. The molecular weight excluding hydrogens is 304 g/mol. The molecule has 0 atom stereocenters. The molecule has 7 heteroatoms. The molecule has 0 bridgehead atoms. The molecule has 0 amide bonds. The van der Waals surface area contributed by atoms with Crippen molar-refractivity contribution in [2.45, 2.75) is 0 Å². The van der Waals surface area contributed by atoms with Crippen LogP contribution in [0.1, 0.15) is 0 Å². The second kappa shape index (κ2) is 6.89. The molecule has 2 aromatic rings. The zero-order valence-electron chi connectivity index (χ0n) is 12.8. The van der Waals surface area contributed by atoms with Gasteiger partial charge in [0.15, 0.2) is 11.5 Å². The van der Waals surface area contributed by atoms with Gasteiger partial charge in [-0.2, -0.15) is 0 Å². The number of nitrogen functional groups attached to an aromatic ring is 1. The molecule has 0 saturated carbocycles. The van der Waals surface area contributed by atoms with Gasteiger partial charge < -0.3 is 25.4 Å². The third kappa shape index (κ3) is 2.98. The fourth-order valence-electron chi connectivity index (χ4n) is 2.65. The summed E-state index contributed by atoms with van der Waals surface area (Å²) in [5.74, 6) is 2.78. The summed E-state index contributed by atoms with van der Waals surface area (Å²) >= 11 is 0. The number of nitrogens with one attached hydrogen (secondary N) is 1. The lowest BCUT2D eigenvalue weighted by Gasteiger charge is -2.28. The molecule has 1 fully saturated rings. The van der Waals surface area contributed by atoms with Gasteiger partial charge in [0, 0.05) is 31.6 Å². The number of anilines is 2. The molecule has 3 rings (SSSR count). The number of hydrogen-bond acceptors (Lipinski definition) is 6. The number of piperazine rings is 1. The lowest BCUT2D eigenvalue weighted by atomic mass is 10.1. The van der Waals surface area contributed by atoms with Crippen molar-refractivity contribution in [3.05, 3.63) is 18.2 Å². The molecule has 0 spiro atoms. The number of methoxy groups -OCH3 is 2. The maximum Gasteiger partial charge on any atom is 0.161 e. The summed E-state index contributed by atoms with van der Waals surface area (Å²) in [6, 6.07) is 5.87. The smallest absolute Gasteiger partial charge is 0.161 e. The normalized spacial score (nSPS) is 14.5. The van der Waals surface area contributed by atoms with Gasteiger partial charge in [0.1, 0.15) is 11.6 Å². The molecule has 0 radical (unpaired) electrons. The zero-order valence-corrected chi connectivity index (χ0v) is 13.6. The number of fused-ring (bicyclic) bond motifs is 1. The predicted octanol–water partition coefficient (Wildman–Crippen LogP) is 1.67. The maximum absolute atomic E-state index is 6.13. The molecule has 1 aliphatic heterocycles. The summed E-state index contributed by atoms with van der Waals surface area (Å²) in [7, 11) is 3.24. The lowest BCUT2D eigenvalue weighted by Crippen LogP contribution is -2.43. The number of halogens is 1. The summed E-state index contributed by atoms with van der Waals surface area (Å²) in [4.78, 5) is 6.77. The standard InChI is InChI=1S/C15H20N4O2.ClH/c1-20-12-7-10-8-14(19-5-3-17-4-6-19)18-15(16)11(10)9-13(12)21-2;/h7-9,17H,3-6H2,1-2H3,(H2,16,18);1H. The first-order chi connectivity index (χ1) is 10.2. The molecule has 3 N–H and O–H groups in total. The number of hydrogen-bond donors (Lipinski definition) is 2. The Balaban J connectivity index is 0.00000176. The first kappa shape index (κ1) is 16.5. The van der Waals surface area contributed by atoms with Crippen LogP contribution in [0.2, 0.25) is 0 Å². The van der Waals surface area contributed by atoms with Crippen LogP contribution in [0.3, 0.4) is 0 Å². The van der Waals surface area contributed by atoms with Gasteiger partial charge >= 0.3 is 0 Å². The lowest BCUT2D eigenvalue weighted by molar-refractivity contribution is 0.356. The van der Waals surface area contributed by atoms with E-state index in [4.69, 9.17) is 15.2 Å². The number of nitrogens with zero attached hydrogens (tertiary/aromatic N) is 2. The topological polar surface area (TPSA) is 72.6 Å². The molecule has 2 heterocycles. The van der Waals surface area contributed by atoms with Crippen LogP contribution in [0.25, 0.3) is 10.8 Å². The summed E-state index contributed by atoms with van der Waals surface area (Å²) in [5.41, 5.74) is 6.13. The van der Waals surface area contributed by atoms with Gasteiger partial charge in [-0.1, -0.05) is 0 Å². The zero-order chi connectivity index (χ0) is 14.8. The predicted molar refractivity (Wildman–Crippen MR) is 91.6 cm³/mol. The van der Waals surface area contributed by atoms with Crippen LogP contribution in [-0.2, 0) is 0 Å². The van der Waals surface area contributed by atoms with Crippen molar-refractivity contribution >= 4 is 34.8 Å². The van der Waals surface area contributed by atoms with Crippen LogP contribution in [0.5, 0.6) is 11.5 Å². The van der Waals surface area contributed by atoms with Crippen LogP contribution in [-0.4, -0.2) is 45.4 Å². The second-order valence-corrected chi connectivity index (χ2v) is 5.03. The number of rotatable bonds is 3. The van der Waals surface area contributed by atoms with Crippen molar-refractivity contribution in [1.82, 2.24) is 10.3 Å². The highest BCUT2D eigenvalue weighted by molar-refractivity contribution is 5.95. The Kier molecular flexibility index (Phi) is 5.15. The van der Waals surface area contributed by atoms with Crippen LogP contribution < -0.4 is 25.4 Å². The average Bonchev–Trinajstić information content (AvgIpc) is 2.54. The van der Waals surface area contributed by atoms with E-state index in [1.54, 1.807) is 14.2 Å². The summed E-state index contributed by atoms with van der Waals surface area (Å²) < 4.78 is 10.7. The van der Waals surface area contributed by atoms with E-state index < -0.39 is 0 Å². The fourth-order valence-corrected chi connectivity index (χ4v) is 2.65. The molecule has 0 unspecified atom stereocenters. The molecule has 22 heavy (non-hydrogen) atoms. The highest BCUT2D eigenvalue weighted by atomic mass is 35.5. The van der Waals surface area contributed by atoms with E-state index >= 15 is 0 Å². The summed E-state index contributed by atoms with van der Waals surface area (Å²) in [6.07, 6.45) is 0. The Bertz CT molecular complexity index is 660. The minimum absolute atomic E-state index is 0. The first-order valence-corrected chi connectivity index (χ1v) is 7.01. The Hall–Kier alpha value is -1.92. The van der Waals surface area contributed by atoms with Gasteiger partial charge in [0.25, 0.3) is 0 Å². The Morgan fingerprint density at radius 1 is 1.09 bits per heavy atom. The van der Waals surface area contributed by atoms with Crippen LogP contribution in [0, 0.1) is 0 Å². The molecule has 1 saturated heterocycles. The minimum atomic E-state index is 0. The number of aromatic nitrogens is 1. The van der Waals surface area contributed by atoms with E-state index in [1.165, 1.54) is 0 Å². The Labute approximate surface area is 136 Å². The molecule has 120 valence electrons. The van der Waals surface area contributed by atoms with Gasteiger partial charge in [0.05, 0.1) is 14.2 Å². The van der Waals surface area contributed by atoms with E-state index in [0.717, 1.165) is 42.8 Å². The van der Waals surface area contributed by atoms with Crippen molar-refractivity contribution in [3.63, 3.8) is 0 Å². The van der Waals surface area contributed by atoms with E-state index in [2.05, 4.69) is 21.3 Å². The van der Waals surface area contributed by atoms with Crippen molar-refractivity contribution < 1.29 is 9.47 Å². The monoisotopic (exact) mass is 324 g/mol. The van der Waals surface area contributed by atoms with Gasteiger partial charge in [-0.15, -0.1) is 12.4 Å².